The lowest BCUT2D eigenvalue weighted by Gasteiger charge is -2.19. The van der Waals surface area contributed by atoms with Crippen LogP contribution in [0.2, 0.25) is 0 Å². The van der Waals surface area contributed by atoms with Gasteiger partial charge in [-0.1, -0.05) is 6.07 Å². The fraction of sp³-hybridized carbons (Fsp3) is 0.240. The van der Waals surface area contributed by atoms with Crippen molar-refractivity contribution in [3.63, 3.8) is 0 Å². The van der Waals surface area contributed by atoms with Crippen molar-refractivity contribution in [2.24, 2.45) is 0 Å². The topological polar surface area (TPSA) is 71.6 Å². The fourth-order valence-electron chi connectivity index (χ4n) is 5.08. The number of nitrogens with one attached hydrogen (secondary N) is 1. The molecule has 3 aromatic heterocycles. The lowest BCUT2D eigenvalue weighted by molar-refractivity contribution is -0.137. The Labute approximate surface area is 197 Å². The summed E-state index contributed by atoms with van der Waals surface area (Å²) in [6, 6.07) is 7.75. The molecule has 35 heavy (non-hydrogen) atoms. The summed E-state index contributed by atoms with van der Waals surface area (Å²) in [7, 11) is 0. The molecular weight excluding hydrogens is 459 g/mol. The average Bonchev–Trinajstić information content (AvgIpc) is 3.46. The molecule has 1 N–H and O–H groups in total. The van der Waals surface area contributed by atoms with E-state index < -0.39 is 11.7 Å². The van der Waals surface area contributed by atoms with E-state index in [1.807, 2.05) is 33.4 Å². The van der Waals surface area contributed by atoms with Gasteiger partial charge in [-0.3, -0.25) is 14.0 Å². The number of aromatic nitrogens is 3. The zero-order chi connectivity index (χ0) is 24.5. The Morgan fingerprint density at radius 3 is 2.77 bits per heavy atom. The first kappa shape index (κ1) is 21.5. The maximum atomic E-state index is 13.9. The number of carbonyl (C=O) groups is 2. The zero-order valence-electron chi connectivity index (χ0n) is 18.7. The van der Waals surface area contributed by atoms with E-state index in [-0.39, 0.29) is 24.8 Å². The Balaban J connectivity index is 1.64. The molecule has 0 unspecified atom stereocenters. The first-order valence-electron chi connectivity index (χ1n) is 11.1. The van der Waals surface area contributed by atoms with Gasteiger partial charge in [0, 0.05) is 49.9 Å². The minimum Gasteiger partial charge on any atom is -0.375 e. The van der Waals surface area contributed by atoms with Gasteiger partial charge in [0.05, 0.1) is 40.8 Å². The van der Waals surface area contributed by atoms with Crippen molar-refractivity contribution in [1.29, 1.82) is 0 Å². The normalized spacial score (nSPS) is 16.3. The number of benzene rings is 1. The molecule has 5 heterocycles. The highest BCUT2D eigenvalue weighted by atomic mass is 19.4. The van der Waals surface area contributed by atoms with E-state index in [0.717, 1.165) is 12.1 Å². The van der Waals surface area contributed by atoms with E-state index >= 15 is 0 Å². The highest BCUT2D eigenvalue weighted by Crippen LogP contribution is 2.40. The standard InChI is InChI=1S/C25H20F3N5O2/c1-14(34)31-6-7-32-13-18(17-9-16(25(26,27)28)8-15(12-31)24(17)32)22-20(35)11-30-23(22)19-10-29-21-4-2-3-5-33(19)21/h2-5,8-10,13,30H,6-7,11-12H2,1H3. The molecule has 1 amide bonds. The molecular formula is C25H20F3N5O2. The number of hydrogen-bond donors (Lipinski definition) is 1. The van der Waals surface area contributed by atoms with E-state index in [2.05, 4.69) is 10.3 Å². The van der Waals surface area contributed by atoms with E-state index in [1.165, 1.54) is 11.8 Å². The number of nitrogens with zero attached hydrogens (tertiary/aromatic N) is 4. The maximum absolute atomic E-state index is 13.9. The van der Waals surface area contributed by atoms with Crippen LogP contribution in [-0.4, -0.2) is 43.6 Å². The van der Waals surface area contributed by atoms with Gasteiger partial charge in [0.1, 0.15) is 5.65 Å². The second kappa shape index (κ2) is 7.46. The van der Waals surface area contributed by atoms with Crippen molar-refractivity contribution >= 4 is 39.5 Å². The minimum absolute atomic E-state index is 0.0430. The Morgan fingerprint density at radius 1 is 1.17 bits per heavy atom. The van der Waals surface area contributed by atoms with Crippen LogP contribution < -0.4 is 5.32 Å². The highest BCUT2D eigenvalue weighted by Gasteiger charge is 2.35. The molecule has 4 aromatic rings. The van der Waals surface area contributed by atoms with Gasteiger partial charge >= 0.3 is 6.18 Å². The molecule has 178 valence electrons. The molecule has 10 heteroatoms. The van der Waals surface area contributed by atoms with Crippen LogP contribution >= 0.6 is 0 Å². The predicted molar refractivity (Wildman–Crippen MR) is 123 cm³/mol. The quantitative estimate of drug-likeness (QED) is 0.476. The Morgan fingerprint density at radius 2 is 2.00 bits per heavy atom. The molecule has 7 nitrogen and oxygen atoms in total. The molecule has 0 aliphatic carbocycles. The van der Waals surface area contributed by atoms with Gasteiger partial charge < -0.3 is 14.8 Å². The van der Waals surface area contributed by atoms with Crippen molar-refractivity contribution in [3.8, 4) is 0 Å². The number of carbonyl (C=O) groups excluding carboxylic acids is 2. The van der Waals surface area contributed by atoms with Crippen LogP contribution in [0, 0.1) is 0 Å². The molecule has 0 saturated heterocycles. The zero-order valence-corrected chi connectivity index (χ0v) is 18.7. The van der Waals surface area contributed by atoms with Crippen molar-refractivity contribution < 1.29 is 22.8 Å². The average molecular weight is 479 g/mol. The van der Waals surface area contributed by atoms with Crippen LogP contribution in [0.4, 0.5) is 13.2 Å². The number of fused-ring (bicyclic) bond motifs is 1. The first-order valence-corrected chi connectivity index (χ1v) is 11.1. The van der Waals surface area contributed by atoms with Gasteiger partial charge in [0.2, 0.25) is 5.91 Å². The number of Topliss-reactive ketones (excluding diaryl/α,β-unsaturated/α-hetero) is 1. The summed E-state index contributed by atoms with van der Waals surface area (Å²) in [5.74, 6) is -0.402. The number of imidazole rings is 1. The third-order valence-electron chi connectivity index (χ3n) is 6.69. The largest absolute Gasteiger partial charge is 0.416 e. The molecule has 0 atom stereocenters. The minimum atomic E-state index is -4.58. The summed E-state index contributed by atoms with van der Waals surface area (Å²) >= 11 is 0. The van der Waals surface area contributed by atoms with Crippen LogP contribution in [0.3, 0.4) is 0 Å². The van der Waals surface area contributed by atoms with Crippen LogP contribution in [0.15, 0.2) is 48.9 Å². The van der Waals surface area contributed by atoms with Gasteiger partial charge in [0.25, 0.3) is 0 Å². The van der Waals surface area contributed by atoms with E-state index in [4.69, 9.17) is 0 Å². The molecule has 1 aromatic carbocycles. The van der Waals surface area contributed by atoms with Crippen LogP contribution in [0.1, 0.15) is 29.3 Å². The summed E-state index contributed by atoms with van der Waals surface area (Å²) in [5, 5.41) is 3.48. The van der Waals surface area contributed by atoms with Gasteiger partial charge in [0.15, 0.2) is 5.78 Å². The second-order valence-corrected chi connectivity index (χ2v) is 8.81. The third-order valence-corrected chi connectivity index (χ3v) is 6.69. The number of hydrogen-bond acceptors (Lipinski definition) is 4. The molecule has 0 radical (unpaired) electrons. The smallest absolute Gasteiger partial charge is 0.375 e. The number of amides is 1. The third kappa shape index (κ3) is 3.31. The molecule has 0 spiro atoms. The first-order chi connectivity index (χ1) is 16.7. The van der Waals surface area contributed by atoms with E-state index in [9.17, 15) is 22.8 Å². The van der Waals surface area contributed by atoms with Crippen LogP contribution in [0.25, 0.3) is 27.8 Å². The number of pyridine rings is 1. The SMILES string of the molecule is CC(=O)N1CCn2cc(C3=C(c4cnc5ccccn45)NCC3=O)c3cc(C(F)(F)F)cc(c32)C1. The summed E-state index contributed by atoms with van der Waals surface area (Å²) in [6.07, 6.45) is 0.635. The van der Waals surface area contributed by atoms with Gasteiger partial charge in [-0.2, -0.15) is 13.2 Å². The number of halogens is 3. The van der Waals surface area contributed by atoms with Gasteiger partial charge in [-0.25, -0.2) is 4.98 Å². The summed E-state index contributed by atoms with van der Waals surface area (Å²) in [5.41, 5.74) is 2.88. The molecule has 0 bridgehead atoms. The molecule has 0 saturated carbocycles. The second-order valence-electron chi connectivity index (χ2n) is 8.81. The summed E-state index contributed by atoms with van der Waals surface area (Å²) in [6.45, 7) is 2.30. The maximum Gasteiger partial charge on any atom is 0.416 e. The van der Waals surface area contributed by atoms with Gasteiger partial charge in [-0.05, 0) is 29.8 Å². The van der Waals surface area contributed by atoms with Crippen LogP contribution in [0.5, 0.6) is 0 Å². The summed E-state index contributed by atoms with van der Waals surface area (Å²) < 4.78 is 45.3. The van der Waals surface area contributed by atoms with Crippen molar-refractivity contribution in [1.82, 2.24) is 24.2 Å². The molecule has 2 aliphatic heterocycles. The lowest BCUT2D eigenvalue weighted by Crippen LogP contribution is -2.29. The molecule has 2 aliphatic rings. The van der Waals surface area contributed by atoms with Gasteiger partial charge in [-0.15, -0.1) is 0 Å². The molecule has 6 rings (SSSR count). The number of ketones is 1. The predicted octanol–water partition coefficient (Wildman–Crippen LogP) is 3.71. The van der Waals surface area contributed by atoms with Crippen molar-refractivity contribution in [2.45, 2.75) is 26.2 Å². The number of alkyl halides is 3. The monoisotopic (exact) mass is 479 g/mol. The van der Waals surface area contributed by atoms with E-state index in [0.29, 0.717) is 57.7 Å². The van der Waals surface area contributed by atoms with Crippen LogP contribution in [-0.2, 0) is 28.9 Å². The Bertz CT molecular complexity index is 1580. The summed E-state index contributed by atoms with van der Waals surface area (Å²) in [4.78, 5) is 31.1. The number of rotatable bonds is 2. The Kier molecular flexibility index (Phi) is 4.57. The lowest BCUT2D eigenvalue weighted by atomic mass is 9.97. The van der Waals surface area contributed by atoms with Crippen molar-refractivity contribution in [2.75, 3.05) is 13.1 Å². The molecule has 0 fully saturated rings. The highest BCUT2D eigenvalue weighted by molar-refractivity contribution is 6.33. The van der Waals surface area contributed by atoms with Crippen molar-refractivity contribution in [3.05, 3.63) is 71.3 Å². The fourth-order valence-corrected chi connectivity index (χ4v) is 5.08. The van der Waals surface area contributed by atoms with E-state index in [1.54, 1.807) is 12.4 Å². The Hall–Kier alpha value is -4.08.